The first-order chi connectivity index (χ1) is 9.49. The summed E-state index contributed by atoms with van der Waals surface area (Å²) in [7, 11) is 0. The fourth-order valence-electron chi connectivity index (χ4n) is 2.99. The zero-order valence-electron chi connectivity index (χ0n) is 11.4. The van der Waals surface area contributed by atoms with E-state index in [4.69, 9.17) is 4.74 Å². The summed E-state index contributed by atoms with van der Waals surface area (Å²) in [5.41, 5.74) is 0.00604. The number of piperidine rings is 1. The van der Waals surface area contributed by atoms with Gasteiger partial charge in [0, 0.05) is 38.9 Å². The lowest BCUT2D eigenvalue weighted by Crippen LogP contribution is -2.51. The van der Waals surface area contributed by atoms with E-state index in [1.807, 2.05) is 0 Å². The fraction of sp³-hybridized carbons (Fsp3) is 0.467. The van der Waals surface area contributed by atoms with Gasteiger partial charge in [-0.15, -0.1) is 0 Å². The van der Waals surface area contributed by atoms with Gasteiger partial charge in [0.15, 0.2) is 5.78 Å². The maximum Gasteiger partial charge on any atom is 0.219 e. The molecule has 20 heavy (non-hydrogen) atoms. The maximum absolute atomic E-state index is 12.2. The Hall–Kier alpha value is -2.04. The molecule has 0 saturated carbocycles. The number of amides is 1. The van der Waals surface area contributed by atoms with E-state index < -0.39 is 5.60 Å². The summed E-state index contributed by atoms with van der Waals surface area (Å²) in [6.45, 7) is 2.77. The zero-order chi connectivity index (χ0) is 14.3. The van der Waals surface area contributed by atoms with Gasteiger partial charge in [-0.3, -0.25) is 9.59 Å². The Morgan fingerprint density at radius 1 is 1.35 bits per heavy atom. The van der Waals surface area contributed by atoms with Gasteiger partial charge in [0.25, 0.3) is 0 Å². The number of Topliss-reactive ketones (excluding diaryl/α,β-unsaturated/α-hetero) is 1. The monoisotopic (exact) mass is 275 g/mol. The highest BCUT2D eigenvalue weighted by molar-refractivity contribution is 6.00. The highest BCUT2D eigenvalue weighted by atomic mass is 16.5. The second kappa shape index (κ2) is 4.51. The van der Waals surface area contributed by atoms with Crippen molar-refractivity contribution in [1.82, 2.24) is 4.90 Å². The first-order valence-corrected chi connectivity index (χ1v) is 6.80. The van der Waals surface area contributed by atoms with E-state index in [9.17, 15) is 14.7 Å². The van der Waals surface area contributed by atoms with Gasteiger partial charge in [-0.1, -0.05) is 0 Å². The Kier molecular flexibility index (Phi) is 2.92. The van der Waals surface area contributed by atoms with E-state index in [-0.39, 0.29) is 17.4 Å². The summed E-state index contributed by atoms with van der Waals surface area (Å²) in [6.07, 6.45) is 1.64. The smallest absolute Gasteiger partial charge is 0.219 e. The third-order valence-corrected chi connectivity index (χ3v) is 4.19. The van der Waals surface area contributed by atoms with Gasteiger partial charge in [0.1, 0.15) is 17.1 Å². The van der Waals surface area contributed by atoms with Gasteiger partial charge in [-0.25, -0.2) is 0 Å². The number of ketones is 1. The van der Waals surface area contributed by atoms with Crippen molar-refractivity contribution < 1.29 is 19.4 Å². The molecule has 1 fully saturated rings. The molecule has 2 aliphatic heterocycles. The summed E-state index contributed by atoms with van der Waals surface area (Å²) < 4.78 is 6.02. The van der Waals surface area contributed by atoms with E-state index >= 15 is 0 Å². The van der Waals surface area contributed by atoms with Crippen molar-refractivity contribution in [3.63, 3.8) is 0 Å². The highest BCUT2D eigenvalue weighted by Crippen LogP contribution is 2.40. The van der Waals surface area contributed by atoms with Crippen LogP contribution in [0.15, 0.2) is 18.2 Å². The van der Waals surface area contributed by atoms with Crippen LogP contribution in [0.5, 0.6) is 11.5 Å². The van der Waals surface area contributed by atoms with Gasteiger partial charge >= 0.3 is 0 Å². The number of nitrogens with zero attached hydrogens (tertiary/aromatic N) is 1. The summed E-state index contributed by atoms with van der Waals surface area (Å²) in [4.78, 5) is 25.4. The molecule has 1 saturated heterocycles. The lowest BCUT2D eigenvalue weighted by Gasteiger charge is -2.43. The first kappa shape index (κ1) is 13.0. The molecule has 2 heterocycles. The molecule has 1 spiro atoms. The Balaban J connectivity index is 1.84. The third-order valence-electron chi connectivity index (χ3n) is 4.19. The SMILES string of the molecule is CC(=O)N1CCC2(CC1)CC(=O)c1ccc(O)cc1O2. The van der Waals surface area contributed by atoms with Gasteiger partial charge in [0.05, 0.1) is 12.0 Å². The minimum atomic E-state index is -0.524. The van der Waals surface area contributed by atoms with Crippen LogP contribution in [0.4, 0.5) is 0 Å². The minimum Gasteiger partial charge on any atom is -0.508 e. The number of phenolic OH excluding ortho intramolecular Hbond substituents is 1. The summed E-state index contributed by atoms with van der Waals surface area (Å²) in [6, 6.07) is 4.59. The molecule has 1 amide bonds. The van der Waals surface area contributed by atoms with Crippen molar-refractivity contribution in [2.45, 2.75) is 31.8 Å². The van der Waals surface area contributed by atoms with E-state index in [0.29, 0.717) is 43.7 Å². The Labute approximate surface area is 117 Å². The largest absolute Gasteiger partial charge is 0.508 e. The molecule has 5 heteroatoms. The van der Waals surface area contributed by atoms with Crippen LogP contribution in [-0.4, -0.2) is 40.4 Å². The van der Waals surface area contributed by atoms with Crippen LogP contribution >= 0.6 is 0 Å². The molecule has 106 valence electrons. The van der Waals surface area contributed by atoms with Crippen molar-refractivity contribution in [2.24, 2.45) is 0 Å². The van der Waals surface area contributed by atoms with E-state index in [2.05, 4.69) is 0 Å². The van der Waals surface area contributed by atoms with Gasteiger partial charge in [0.2, 0.25) is 5.91 Å². The summed E-state index contributed by atoms with van der Waals surface area (Å²) in [5.74, 6) is 0.648. The van der Waals surface area contributed by atoms with Gasteiger partial charge in [-0.05, 0) is 12.1 Å². The molecule has 1 N–H and O–H groups in total. The van der Waals surface area contributed by atoms with Gasteiger partial charge in [-0.2, -0.15) is 0 Å². The van der Waals surface area contributed by atoms with E-state index in [0.717, 1.165) is 0 Å². The predicted octanol–water partition coefficient (Wildman–Crippen LogP) is 1.74. The standard InChI is InChI=1S/C15H17NO4/c1-10(17)16-6-4-15(5-7-16)9-13(19)12-3-2-11(18)8-14(12)20-15/h2-3,8,18H,4-7,9H2,1H3. The van der Waals surface area contributed by atoms with Crippen molar-refractivity contribution >= 4 is 11.7 Å². The summed E-state index contributed by atoms with van der Waals surface area (Å²) in [5, 5.41) is 9.53. The number of benzene rings is 1. The van der Waals surface area contributed by atoms with Crippen molar-refractivity contribution in [3.05, 3.63) is 23.8 Å². The molecule has 1 aromatic rings. The second-order valence-corrected chi connectivity index (χ2v) is 5.57. The lowest BCUT2D eigenvalue weighted by atomic mass is 9.82. The number of aromatic hydroxyl groups is 1. The van der Waals surface area contributed by atoms with E-state index in [1.54, 1.807) is 17.9 Å². The van der Waals surface area contributed by atoms with Crippen LogP contribution in [0.1, 0.15) is 36.5 Å². The number of hydrogen-bond donors (Lipinski definition) is 1. The molecule has 1 aromatic carbocycles. The number of likely N-dealkylation sites (tertiary alicyclic amines) is 1. The first-order valence-electron chi connectivity index (χ1n) is 6.80. The molecule has 0 aromatic heterocycles. The number of ether oxygens (including phenoxy) is 1. The number of fused-ring (bicyclic) bond motifs is 1. The van der Waals surface area contributed by atoms with Crippen LogP contribution in [0.3, 0.4) is 0 Å². The Morgan fingerprint density at radius 3 is 2.70 bits per heavy atom. The second-order valence-electron chi connectivity index (χ2n) is 5.57. The van der Waals surface area contributed by atoms with Crippen LogP contribution in [0.25, 0.3) is 0 Å². The molecule has 5 nitrogen and oxygen atoms in total. The zero-order valence-corrected chi connectivity index (χ0v) is 11.4. The summed E-state index contributed by atoms with van der Waals surface area (Å²) >= 11 is 0. The van der Waals surface area contributed by atoms with Crippen LogP contribution in [0, 0.1) is 0 Å². The number of rotatable bonds is 0. The Bertz CT molecular complexity index is 573. The molecule has 0 unspecified atom stereocenters. The molecule has 0 radical (unpaired) electrons. The maximum atomic E-state index is 12.2. The number of carbonyl (C=O) groups excluding carboxylic acids is 2. The topological polar surface area (TPSA) is 66.8 Å². The van der Waals surface area contributed by atoms with Crippen LogP contribution in [0.2, 0.25) is 0 Å². The lowest BCUT2D eigenvalue weighted by molar-refractivity contribution is -0.132. The number of hydrogen-bond acceptors (Lipinski definition) is 4. The Morgan fingerprint density at radius 2 is 2.05 bits per heavy atom. The molecule has 0 atom stereocenters. The van der Waals surface area contributed by atoms with Crippen LogP contribution < -0.4 is 4.74 Å². The van der Waals surface area contributed by atoms with Gasteiger partial charge < -0.3 is 14.7 Å². The number of phenols is 1. The van der Waals surface area contributed by atoms with Crippen molar-refractivity contribution in [2.75, 3.05) is 13.1 Å². The molecule has 2 aliphatic rings. The fourth-order valence-corrected chi connectivity index (χ4v) is 2.99. The molecular formula is C15H17NO4. The molecule has 3 rings (SSSR count). The predicted molar refractivity (Wildman–Crippen MR) is 71.9 cm³/mol. The average molecular weight is 275 g/mol. The quantitative estimate of drug-likeness (QED) is 0.783. The molecule has 0 bridgehead atoms. The number of carbonyl (C=O) groups is 2. The van der Waals surface area contributed by atoms with Crippen LogP contribution in [-0.2, 0) is 4.79 Å². The third kappa shape index (κ3) is 2.13. The van der Waals surface area contributed by atoms with Crippen molar-refractivity contribution in [3.8, 4) is 11.5 Å². The average Bonchev–Trinajstić information content (AvgIpc) is 2.38. The van der Waals surface area contributed by atoms with E-state index in [1.165, 1.54) is 12.1 Å². The normalized spacial score (nSPS) is 20.4. The molecule has 0 aliphatic carbocycles. The minimum absolute atomic E-state index is 0.0440. The molecular weight excluding hydrogens is 258 g/mol. The van der Waals surface area contributed by atoms with Crippen molar-refractivity contribution in [1.29, 1.82) is 0 Å². The highest BCUT2D eigenvalue weighted by Gasteiger charge is 2.43.